The predicted octanol–water partition coefficient (Wildman–Crippen LogP) is 4.18. The number of alkyl halides is 1. The fourth-order valence-electron chi connectivity index (χ4n) is 2.99. The normalized spacial score (nSPS) is 11.5. The average molecular weight is 434 g/mol. The summed E-state index contributed by atoms with van der Waals surface area (Å²) in [5.41, 5.74) is 2.17. The molecule has 2 aromatic carbocycles. The molecule has 0 spiro atoms. The summed E-state index contributed by atoms with van der Waals surface area (Å²) in [4.78, 5) is 24.1. The molecule has 0 saturated heterocycles. The molecular weight excluding hydrogens is 413 g/mol. The third-order valence-corrected chi connectivity index (χ3v) is 4.95. The number of carbonyl (C=O) groups is 2. The average Bonchev–Trinajstić information content (AvgIpc) is 3.02. The van der Waals surface area contributed by atoms with Gasteiger partial charge in [-0.3, -0.25) is 14.3 Å². The van der Waals surface area contributed by atoms with E-state index >= 15 is 0 Å². The summed E-state index contributed by atoms with van der Waals surface area (Å²) < 4.78 is 6.70. The lowest BCUT2D eigenvalue weighted by molar-refractivity contribution is -0.142. The second kappa shape index (κ2) is 8.43. The van der Waals surface area contributed by atoms with Gasteiger partial charge in [-0.1, -0.05) is 35.9 Å². The van der Waals surface area contributed by atoms with Gasteiger partial charge in [0, 0.05) is 23.0 Å². The molecule has 0 bridgehead atoms. The highest BCUT2D eigenvalue weighted by molar-refractivity contribution is 6.33. The van der Waals surface area contributed by atoms with Gasteiger partial charge in [-0.25, -0.2) is 0 Å². The van der Waals surface area contributed by atoms with Crippen LogP contribution in [0.15, 0.2) is 42.5 Å². The quantitative estimate of drug-likeness (QED) is 0.467. The van der Waals surface area contributed by atoms with Crippen molar-refractivity contribution in [2.24, 2.45) is 7.05 Å². The first kappa shape index (κ1) is 21.1. The molecule has 0 unspecified atom stereocenters. The second-order valence-electron chi connectivity index (χ2n) is 7.32. The molecule has 1 aromatic heterocycles. The predicted molar refractivity (Wildman–Crippen MR) is 114 cm³/mol. The summed E-state index contributed by atoms with van der Waals surface area (Å²) in [5, 5.41) is 8.61. The lowest BCUT2D eigenvalue weighted by atomic mass is 10.0. The van der Waals surface area contributed by atoms with Gasteiger partial charge in [0.25, 0.3) is 5.91 Å². The minimum Gasteiger partial charge on any atom is -0.462 e. The van der Waals surface area contributed by atoms with E-state index in [4.69, 9.17) is 27.9 Å². The molecule has 0 saturated carbocycles. The van der Waals surface area contributed by atoms with Crippen LogP contribution in [0, 0.1) is 0 Å². The van der Waals surface area contributed by atoms with Crippen molar-refractivity contribution in [3.63, 3.8) is 0 Å². The number of hydrogen-bond donors (Lipinski definition) is 1. The zero-order chi connectivity index (χ0) is 21.2. The van der Waals surface area contributed by atoms with Gasteiger partial charge in [-0.05, 0) is 37.6 Å². The number of benzene rings is 2. The molecule has 1 N–H and O–H groups in total. The molecule has 1 amide bonds. The topological polar surface area (TPSA) is 73.2 Å². The highest BCUT2D eigenvalue weighted by Crippen LogP contribution is 2.31. The minimum atomic E-state index is -0.778. The highest BCUT2D eigenvalue weighted by atomic mass is 35.5. The summed E-state index contributed by atoms with van der Waals surface area (Å²) in [6.07, 6.45) is 0. The third-order valence-electron chi connectivity index (χ3n) is 4.41. The Labute approximate surface area is 178 Å². The lowest BCUT2D eigenvalue weighted by Gasteiger charge is -2.25. The maximum Gasteiger partial charge on any atom is 0.320 e. The first-order chi connectivity index (χ1) is 13.7. The molecule has 3 rings (SSSR count). The number of esters is 1. The van der Waals surface area contributed by atoms with Crippen molar-refractivity contribution < 1.29 is 14.3 Å². The molecule has 0 radical (unpaired) electrons. The number of ether oxygens (including phenoxy) is 1. The maximum absolute atomic E-state index is 12.8. The maximum atomic E-state index is 12.8. The highest BCUT2D eigenvalue weighted by Gasteiger charge is 2.26. The Balaban J connectivity index is 1.88. The number of amides is 1. The van der Waals surface area contributed by atoms with Gasteiger partial charge < -0.3 is 10.1 Å². The van der Waals surface area contributed by atoms with Crippen molar-refractivity contribution in [2.75, 3.05) is 12.5 Å². The molecule has 0 aliphatic heterocycles. The number of carbonyl (C=O) groups excluding carboxylic acids is 2. The van der Waals surface area contributed by atoms with Crippen molar-refractivity contribution in [3.8, 4) is 11.1 Å². The van der Waals surface area contributed by atoms with E-state index < -0.39 is 11.5 Å². The Morgan fingerprint density at radius 2 is 1.93 bits per heavy atom. The first-order valence-corrected chi connectivity index (χ1v) is 9.89. The van der Waals surface area contributed by atoms with E-state index in [-0.39, 0.29) is 18.4 Å². The number of hydrogen-bond acceptors (Lipinski definition) is 4. The summed E-state index contributed by atoms with van der Waals surface area (Å²) in [6.45, 7) is 3.52. The molecule has 0 fully saturated rings. The Morgan fingerprint density at radius 3 is 2.62 bits per heavy atom. The van der Waals surface area contributed by atoms with Crippen LogP contribution in [0.2, 0.25) is 5.02 Å². The van der Waals surface area contributed by atoms with Gasteiger partial charge in [-0.15, -0.1) is 11.6 Å². The first-order valence-electron chi connectivity index (χ1n) is 8.97. The summed E-state index contributed by atoms with van der Waals surface area (Å²) in [6, 6.07) is 13.3. The van der Waals surface area contributed by atoms with Gasteiger partial charge in [0.05, 0.1) is 11.1 Å². The molecule has 3 aromatic rings. The molecule has 6 nitrogen and oxygen atoms in total. The Kier molecular flexibility index (Phi) is 6.15. The van der Waals surface area contributed by atoms with Gasteiger partial charge in [0.15, 0.2) is 5.69 Å². The van der Waals surface area contributed by atoms with Crippen molar-refractivity contribution >= 4 is 46.0 Å². The molecule has 152 valence electrons. The lowest BCUT2D eigenvalue weighted by Crippen LogP contribution is -2.47. The molecule has 0 atom stereocenters. The Morgan fingerprint density at radius 1 is 1.21 bits per heavy atom. The fourth-order valence-corrected chi connectivity index (χ4v) is 3.31. The van der Waals surface area contributed by atoms with Crippen molar-refractivity contribution in [3.05, 3.63) is 53.2 Å². The van der Waals surface area contributed by atoms with Crippen LogP contribution in [-0.2, 0) is 16.6 Å². The SMILES string of the molecule is Cn1nc(C(=O)NC(C)(C)COC(=O)CCl)c2ccc(-c3ccccc3Cl)cc21. The number of aromatic nitrogens is 2. The Bertz CT molecular complexity index is 1080. The number of halogens is 2. The largest absolute Gasteiger partial charge is 0.462 e. The number of nitrogens with one attached hydrogen (secondary N) is 1. The molecule has 0 aliphatic rings. The van der Waals surface area contributed by atoms with E-state index in [0.29, 0.717) is 16.1 Å². The number of rotatable bonds is 6. The van der Waals surface area contributed by atoms with E-state index in [9.17, 15) is 9.59 Å². The summed E-state index contributed by atoms with van der Waals surface area (Å²) >= 11 is 11.7. The zero-order valence-electron chi connectivity index (χ0n) is 16.3. The van der Waals surface area contributed by atoms with Crippen LogP contribution in [0.4, 0.5) is 0 Å². The van der Waals surface area contributed by atoms with Crippen LogP contribution in [0.3, 0.4) is 0 Å². The van der Waals surface area contributed by atoms with E-state index in [1.807, 2.05) is 42.5 Å². The van der Waals surface area contributed by atoms with Gasteiger partial charge in [0.2, 0.25) is 0 Å². The monoisotopic (exact) mass is 433 g/mol. The number of fused-ring (bicyclic) bond motifs is 1. The van der Waals surface area contributed by atoms with E-state index in [0.717, 1.165) is 16.6 Å². The van der Waals surface area contributed by atoms with Gasteiger partial charge in [-0.2, -0.15) is 5.10 Å². The van der Waals surface area contributed by atoms with Crippen LogP contribution in [0.5, 0.6) is 0 Å². The molecule has 29 heavy (non-hydrogen) atoms. The van der Waals surface area contributed by atoms with Crippen LogP contribution in [0.1, 0.15) is 24.3 Å². The third kappa shape index (κ3) is 4.71. The molecule has 1 heterocycles. The smallest absolute Gasteiger partial charge is 0.320 e. The minimum absolute atomic E-state index is 0.00567. The molecule has 0 aliphatic carbocycles. The number of nitrogens with zero attached hydrogens (tertiary/aromatic N) is 2. The van der Waals surface area contributed by atoms with Crippen LogP contribution in [0.25, 0.3) is 22.0 Å². The zero-order valence-corrected chi connectivity index (χ0v) is 17.8. The van der Waals surface area contributed by atoms with Gasteiger partial charge in [0.1, 0.15) is 12.5 Å². The van der Waals surface area contributed by atoms with Crippen LogP contribution >= 0.6 is 23.2 Å². The van der Waals surface area contributed by atoms with Crippen molar-refractivity contribution in [1.29, 1.82) is 0 Å². The fraction of sp³-hybridized carbons (Fsp3) is 0.286. The molecular formula is C21H21Cl2N3O3. The van der Waals surface area contributed by atoms with E-state index in [1.165, 1.54) is 0 Å². The standard InChI is InChI=1S/C21H21Cl2N3O3/c1-21(2,12-29-18(27)11-22)24-20(28)19-15-9-8-13(10-17(15)26(3)25-19)14-6-4-5-7-16(14)23/h4-10H,11-12H2,1-3H3,(H,24,28). The Hall–Kier alpha value is -2.57. The van der Waals surface area contributed by atoms with Crippen LogP contribution < -0.4 is 5.32 Å². The molecule has 8 heteroatoms. The van der Waals surface area contributed by atoms with Crippen molar-refractivity contribution in [1.82, 2.24) is 15.1 Å². The summed E-state index contributed by atoms with van der Waals surface area (Å²) in [5.74, 6) is -1.12. The van der Waals surface area contributed by atoms with Crippen molar-refractivity contribution in [2.45, 2.75) is 19.4 Å². The van der Waals surface area contributed by atoms with E-state index in [1.54, 1.807) is 25.6 Å². The number of aryl methyl sites for hydroxylation is 1. The summed E-state index contributed by atoms with van der Waals surface area (Å²) in [7, 11) is 1.78. The second-order valence-corrected chi connectivity index (χ2v) is 7.99. The van der Waals surface area contributed by atoms with E-state index in [2.05, 4.69) is 10.4 Å². The van der Waals surface area contributed by atoms with Gasteiger partial charge >= 0.3 is 5.97 Å². The van der Waals surface area contributed by atoms with Crippen LogP contribution in [-0.4, -0.2) is 39.7 Å².